The van der Waals surface area contributed by atoms with Crippen LogP contribution in [0.5, 0.6) is 0 Å². The van der Waals surface area contributed by atoms with Gasteiger partial charge in [-0.1, -0.05) is 33.6 Å². The zero-order valence-electron chi connectivity index (χ0n) is 20.6. The van der Waals surface area contributed by atoms with Crippen LogP contribution in [-0.2, 0) is 4.79 Å². The summed E-state index contributed by atoms with van der Waals surface area (Å²) >= 11 is 9.30. The van der Waals surface area contributed by atoms with E-state index in [0.717, 1.165) is 49.2 Å². The summed E-state index contributed by atoms with van der Waals surface area (Å²) in [5.41, 5.74) is 3.27. The smallest absolute Gasteiger partial charge is 0.248 e. The van der Waals surface area contributed by atoms with E-state index in [4.69, 9.17) is 11.6 Å². The van der Waals surface area contributed by atoms with Gasteiger partial charge < -0.3 is 20.4 Å². The number of amides is 1. The van der Waals surface area contributed by atoms with Crippen molar-refractivity contribution in [1.29, 1.82) is 0 Å². The van der Waals surface area contributed by atoms with Crippen molar-refractivity contribution < 1.29 is 9.18 Å². The van der Waals surface area contributed by atoms with Crippen LogP contribution in [0.4, 0.5) is 27.3 Å². The van der Waals surface area contributed by atoms with Crippen molar-refractivity contribution in [2.45, 2.75) is 19.3 Å². The van der Waals surface area contributed by atoms with E-state index in [1.807, 2.05) is 12.1 Å². The average molecular weight is 588 g/mol. The number of rotatable bonds is 6. The Kier molecular flexibility index (Phi) is 7.65. The second kappa shape index (κ2) is 10.9. The van der Waals surface area contributed by atoms with Crippen LogP contribution < -0.4 is 15.5 Å². The number of benzene rings is 2. The Morgan fingerprint density at radius 2 is 2.08 bits per heavy atom. The zero-order chi connectivity index (χ0) is 26.0. The Morgan fingerprint density at radius 1 is 1.22 bits per heavy atom. The minimum atomic E-state index is -0.487. The number of nitrogens with zero attached hydrogens (tertiary/aromatic N) is 4. The van der Waals surface area contributed by atoms with Gasteiger partial charge in [0, 0.05) is 47.5 Å². The van der Waals surface area contributed by atoms with Crippen molar-refractivity contribution in [3.05, 3.63) is 59.7 Å². The lowest BCUT2D eigenvalue weighted by molar-refractivity contribution is -0.111. The first kappa shape index (κ1) is 25.9. The number of carbonyl (C=O) groups is 1. The summed E-state index contributed by atoms with van der Waals surface area (Å²) in [6.45, 7) is 4.06. The fraction of sp³-hybridized carbons (Fsp3) is 0.370. The quantitative estimate of drug-likeness (QED) is 0.273. The Labute approximate surface area is 229 Å². The first-order valence-corrected chi connectivity index (χ1v) is 13.8. The molecular formula is C27H29BrClFN6O. The van der Waals surface area contributed by atoms with Gasteiger partial charge in [-0.15, -0.1) is 0 Å². The molecule has 2 N–H and O–H groups in total. The molecule has 2 saturated heterocycles. The van der Waals surface area contributed by atoms with Crippen molar-refractivity contribution in [2.75, 3.05) is 54.1 Å². The molecule has 1 spiro atoms. The molecule has 3 aromatic rings. The van der Waals surface area contributed by atoms with Crippen LogP contribution in [-0.4, -0.2) is 59.3 Å². The number of likely N-dealkylation sites (tertiary alicyclic amines) is 1. The highest BCUT2D eigenvalue weighted by Crippen LogP contribution is 2.42. The number of aromatic nitrogens is 2. The summed E-state index contributed by atoms with van der Waals surface area (Å²) in [5, 5.41) is 7.65. The molecule has 1 amide bonds. The first-order chi connectivity index (χ1) is 17.9. The van der Waals surface area contributed by atoms with E-state index >= 15 is 0 Å². The van der Waals surface area contributed by atoms with Gasteiger partial charge in [0.05, 0.1) is 21.9 Å². The highest BCUT2D eigenvalue weighted by molar-refractivity contribution is 9.09. The average Bonchev–Trinajstić information content (AvgIpc) is 3.24. The van der Waals surface area contributed by atoms with E-state index < -0.39 is 5.82 Å². The van der Waals surface area contributed by atoms with Crippen molar-refractivity contribution >= 4 is 67.2 Å². The van der Waals surface area contributed by atoms with Gasteiger partial charge in [0.2, 0.25) is 5.91 Å². The normalized spacial score (nSPS) is 20.3. The van der Waals surface area contributed by atoms with Crippen LogP contribution in [0.2, 0.25) is 5.02 Å². The van der Waals surface area contributed by atoms with E-state index in [-0.39, 0.29) is 16.3 Å². The minimum Gasteiger partial charge on any atom is -0.369 e. The largest absolute Gasteiger partial charge is 0.369 e. The number of alkyl halides is 1. The maximum absolute atomic E-state index is 13.7. The molecular weight excluding hydrogens is 559 g/mol. The highest BCUT2D eigenvalue weighted by atomic mass is 79.9. The van der Waals surface area contributed by atoms with E-state index in [2.05, 4.69) is 53.4 Å². The van der Waals surface area contributed by atoms with Gasteiger partial charge in [-0.05, 0) is 63.2 Å². The molecule has 1 aromatic heterocycles. The molecule has 3 heterocycles. The lowest BCUT2D eigenvalue weighted by Crippen LogP contribution is -2.45. The summed E-state index contributed by atoms with van der Waals surface area (Å²) in [6, 6.07) is 8.36. The maximum atomic E-state index is 13.7. The number of hydrogen-bond donors (Lipinski definition) is 2. The summed E-state index contributed by atoms with van der Waals surface area (Å²) in [5.74, 6) is -0.152. The predicted molar refractivity (Wildman–Crippen MR) is 152 cm³/mol. The van der Waals surface area contributed by atoms with Gasteiger partial charge in [-0.2, -0.15) is 0 Å². The van der Waals surface area contributed by atoms with Crippen LogP contribution in [0.3, 0.4) is 0 Å². The van der Waals surface area contributed by atoms with Crippen LogP contribution in [0.15, 0.2) is 48.8 Å². The summed E-state index contributed by atoms with van der Waals surface area (Å²) in [4.78, 5) is 26.5. The Bertz CT molecular complexity index is 1350. The van der Waals surface area contributed by atoms with Crippen molar-refractivity contribution in [2.24, 2.45) is 5.41 Å². The van der Waals surface area contributed by atoms with E-state index in [1.165, 1.54) is 37.4 Å². The van der Waals surface area contributed by atoms with Crippen LogP contribution in [0.1, 0.15) is 19.3 Å². The summed E-state index contributed by atoms with van der Waals surface area (Å²) in [6.07, 6.45) is 8.28. The molecule has 2 aliphatic heterocycles. The molecule has 1 atom stereocenters. The molecule has 0 aliphatic carbocycles. The molecule has 2 fully saturated rings. The third-order valence-electron chi connectivity index (χ3n) is 7.18. The summed E-state index contributed by atoms with van der Waals surface area (Å²) < 4.78 is 13.7. The maximum Gasteiger partial charge on any atom is 0.248 e. The van der Waals surface area contributed by atoms with Gasteiger partial charge >= 0.3 is 0 Å². The number of piperidine rings is 1. The topological polar surface area (TPSA) is 73.4 Å². The van der Waals surface area contributed by atoms with Crippen molar-refractivity contribution in [1.82, 2.24) is 14.9 Å². The number of fused-ring (bicyclic) bond motifs is 1. The van der Waals surface area contributed by atoms with Crippen molar-refractivity contribution in [3.63, 3.8) is 0 Å². The first-order valence-electron chi connectivity index (χ1n) is 12.3. The Hall–Kier alpha value is -2.75. The second-order valence-electron chi connectivity index (χ2n) is 9.92. The molecule has 0 saturated carbocycles. The highest BCUT2D eigenvalue weighted by Gasteiger charge is 2.40. The zero-order valence-corrected chi connectivity index (χ0v) is 22.9. The van der Waals surface area contributed by atoms with E-state index in [9.17, 15) is 9.18 Å². The molecule has 5 rings (SSSR count). The number of hydrogen-bond acceptors (Lipinski definition) is 6. The van der Waals surface area contributed by atoms with Gasteiger partial charge in [0.25, 0.3) is 0 Å². The van der Waals surface area contributed by atoms with Gasteiger partial charge in [0.15, 0.2) is 0 Å². The molecule has 2 aliphatic rings. The molecule has 10 heteroatoms. The van der Waals surface area contributed by atoms with Crippen molar-refractivity contribution in [3.8, 4) is 0 Å². The van der Waals surface area contributed by atoms with Crippen LogP contribution >= 0.6 is 27.5 Å². The third kappa shape index (κ3) is 5.73. The standard InChI is InChI=1S/C27H29BrClFN6O/c1-35-11-8-27(15-35)7-3-10-36(16-27)24-14-22-19(13-23(24)34-25(37)4-2-9-28)26(32-17-31-22)33-18-5-6-21(30)20(29)12-18/h2,4-6,12-14,17H,3,7-11,15-16H2,1H3,(H,34,37)(H,31,32,33). The van der Waals surface area contributed by atoms with Gasteiger partial charge in [-0.3, -0.25) is 4.79 Å². The Morgan fingerprint density at radius 3 is 2.84 bits per heavy atom. The minimum absolute atomic E-state index is 0.0220. The predicted octanol–water partition coefficient (Wildman–Crippen LogP) is 5.98. The number of anilines is 4. The molecule has 1 unspecified atom stereocenters. The monoisotopic (exact) mass is 586 g/mol. The number of halogens is 3. The molecule has 37 heavy (non-hydrogen) atoms. The second-order valence-corrected chi connectivity index (χ2v) is 11.0. The fourth-order valence-electron chi connectivity index (χ4n) is 5.50. The molecule has 0 bridgehead atoms. The number of carbonyl (C=O) groups excluding carboxylic acids is 1. The molecule has 0 radical (unpaired) electrons. The van der Waals surface area contributed by atoms with E-state index in [1.54, 1.807) is 12.1 Å². The number of allylic oxidation sites excluding steroid dienone is 1. The fourth-order valence-corrected chi connectivity index (χ4v) is 5.86. The molecule has 7 nitrogen and oxygen atoms in total. The molecule has 194 valence electrons. The Balaban J connectivity index is 1.54. The lowest BCUT2D eigenvalue weighted by Gasteiger charge is -2.42. The van der Waals surface area contributed by atoms with Gasteiger partial charge in [-0.25, -0.2) is 14.4 Å². The van der Waals surface area contributed by atoms with E-state index in [0.29, 0.717) is 22.5 Å². The summed E-state index contributed by atoms with van der Waals surface area (Å²) in [7, 11) is 2.19. The van der Waals surface area contributed by atoms with Crippen LogP contribution in [0, 0.1) is 11.2 Å². The molecule has 2 aromatic carbocycles. The van der Waals surface area contributed by atoms with Gasteiger partial charge in [0.1, 0.15) is 18.0 Å². The SMILES string of the molecule is CN1CCC2(CCCN(c3cc4ncnc(Nc5ccc(F)c(Cl)c5)c4cc3NC(=O)C=CCBr)C2)C1. The lowest BCUT2D eigenvalue weighted by atomic mass is 9.79. The third-order valence-corrected chi connectivity index (χ3v) is 7.85. The van der Waals surface area contributed by atoms with Crippen LogP contribution in [0.25, 0.3) is 10.9 Å². The number of nitrogens with one attached hydrogen (secondary N) is 2.